The van der Waals surface area contributed by atoms with E-state index in [0.717, 1.165) is 16.6 Å². The van der Waals surface area contributed by atoms with Crippen LogP contribution in [-0.2, 0) is 19.1 Å². The highest BCUT2D eigenvalue weighted by atomic mass is 16.5. The summed E-state index contributed by atoms with van der Waals surface area (Å²) in [6, 6.07) is 16.7. The van der Waals surface area contributed by atoms with Gasteiger partial charge in [0.05, 0.1) is 36.8 Å². The Morgan fingerprint density at radius 3 is 2.55 bits per heavy atom. The molecule has 150 valence electrons. The number of fused-ring (bicyclic) bond motifs is 3. The Hall–Kier alpha value is -3.19. The number of benzene rings is 2. The number of esters is 1. The van der Waals surface area contributed by atoms with Crippen molar-refractivity contribution >= 4 is 28.9 Å². The summed E-state index contributed by atoms with van der Waals surface area (Å²) in [7, 11) is 1.58. The van der Waals surface area contributed by atoms with Gasteiger partial charge in [-0.3, -0.25) is 14.5 Å². The average Bonchev–Trinajstić information content (AvgIpc) is 3.12. The van der Waals surface area contributed by atoms with Crippen molar-refractivity contribution in [2.24, 2.45) is 5.92 Å². The molecule has 0 N–H and O–H groups in total. The van der Waals surface area contributed by atoms with E-state index in [9.17, 15) is 9.59 Å². The second kappa shape index (κ2) is 8.05. The SMILES string of the molecule is CCOC(=O)[C@@H]1C(=O)N(CCOC)c2nc3ccccc3n2[C@@H]1c1ccccc1. The van der Waals surface area contributed by atoms with E-state index >= 15 is 0 Å². The van der Waals surface area contributed by atoms with Gasteiger partial charge < -0.3 is 14.0 Å². The molecule has 0 bridgehead atoms. The van der Waals surface area contributed by atoms with E-state index in [-0.39, 0.29) is 12.5 Å². The molecule has 1 aromatic heterocycles. The van der Waals surface area contributed by atoms with Gasteiger partial charge in [0.2, 0.25) is 11.9 Å². The number of carbonyl (C=O) groups excluding carboxylic acids is 2. The van der Waals surface area contributed by atoms with Crippen molar-refractivity contribution in [2.75, 3.05) is 31.8 Å². The number of imidazole rings is 1. The molecular formula is C22H23N3O4. The first kappa shape index (κ1) is 19.1. The third kappa shape index (κ3) is 3.27. The van der Waals surface area contributed by atoms with Crippen molar-refractivity contribution in [3.8, 4) is 0 Å². The number of para-hydroxylation sites is 2. The Labute approximate surface area is 168 Å². The predicted octanol–water partition coefficient (Wildman–Crippen LogP) is 2.80. The third-order valence-electron chi connectivity index (χ3n) is 5.15. The average molecular weight is 393 g/mol. The van der Waals surface area contributed by atoms with Gasteiger partial charge in [0.25, 0.3) is 0 Å². The van der Waals surface area contributed by atoms with E-state index in [4.69, 9.17) is 14.5 Å². The Morgan fingerprint density at radius 1 is 1.10 bits per heavy atom. The molecule has 3 aromatic rings. The minimum atomic E-state index is -1.00. The fourth-order valence-electron chi connectivity index (χ4n) is 3.89. The van der Waals surface area contributed by atoms with Crippen molar-refractivity contribution < 1.29 is 19.1 Å². The van der Waals surface area contributed by atoms with Crippen LogP contribution in [0.3, 0.4) is 0 Å². The molecule has 0 unspecified atom stereocenters. The lowest BCUT2D eigenvalue weighted by atomic mass is 9.89. The first-order chi connectivity index (χ1) is 14.2. The van der Waals surface area contributed by atoms with Crippen molar-refractivity contribution in [1.82, 2.24) is 9.55 Å². The lowest BCUT2D eigenvalue weighted by molar-refractivity contribution is -0.153. The summed E-state index contributed by atoms with van der Waals surface area (Å²) >= 11 is 0. The normalized spacial score (nSPS) is 18.7. The van der Waals surface area contributed by atoms with E-state index < -0.39 is 17.9 Å². The zero-order valence-corrected chi connectivity index (χ0v) is 16.4. The second-order valence-corrected chi connectivity index (χ2v) is 6.84. The predicted molar refractivity (Wildman–Crippen MR) is 109 cm³/mol. The Balaban J connectivity index is 1.97. The minimum absolute atomic E-state index is 0.208. The molecule has 0 spiro atoms. The lowest BCUT2D eigenvalue weighted by Gasteiger charge is -2.37. The monoisotopic (exact) mass is 393 g/mol. The van der Waals surface area contributed by atoms with E-state index in [1.165, 1.54) is 4.90 Å². The molecule has 0 saturated heterocycles. The van der Waals surface area contributed by atoms with Gasteiger partial charge in [0.1, 0.15) is 0 Å². The number of aromatic nitrogens is 2. The molecule has 0 saturated carbocycles. The smallest absolute Gasteiger partial charge is 0.321 e. The largest absolute Gasteiger partial charge is 0.465 e. The van der Waals surface area contributed by atoms with Crippen LogP contribution >= 0.6 is 0 Å². The molecule has 2 aromatic carbocycles. The summed E-state index contributed by atoms with van der Waals surface area (Å²) in [4.78, 5) is 32.7. The standard InChI is InChI=1S/C22H23N3O4/c1-3-29-21(27)18-19(15-9-5-4-6-10-15)25-17-12-8-7-11-16(17)23-22(25)24(20(18)26)13-14-28-2/h4-12,18-19H,3,13-14H2,1-2H3/t18-,19+/m0/s1. The van der Waals surface area contributed by atoms with Gasteiger partial charge >= 0.3 is 5.97 Å². The van der Waals surface area contributed by atoms with Gasteiger partial charge in [0.15, 0.2) is 5.92 Å². The zero-order valence-electron chi connectivity index (χ0n) is 16.4. The van der Waals surface area contributed by atoms with Crippen LogP contribution in [0.25, 0.3) is 11.0 Å². The number of anilines is 1. The molecule has 7 heteroatoms. The number of hydrogen-bond donors (Lipinski definition) is 0. The highest BCUT2D eigenvalue weighted by molar-refractivity contribution is 6.08. The summed E-state index contributed by atoms with van der Waals surface area (Å²) in [6.45, 7) is 2.58. The molecule has 4 rings (SSSR count). The zero-order chi connectivity index (χ0) is 20.4. The van der Waals surface area contributed by atoms with Gasteiger partial charge in [-0.1, -0.05) is 42.5 Å². The van der Waals surface area contributed by atoms with Gasteiger partial charge in [-0.05, 0) is 24.6 Å². The highest BCUT2D eigenvalue weighted by Crippen LogP contribution is 2.41. The molecule has 29 heavy (non-hydrogen) atoms. The van der Waals surface area contributed by atoms with Crippen molar-refractivity contribution in [1.29, 1.82) is 0 Å². The number of nitrogens with zero attached hydrogens (tertiary/aromatic N) is 3. The Morgan fingerprint density at radius 2 is 1.83 bits per heavy atom. The van der Waals surface area contributed by atoms with Crippen LogP contribution < -0.4 is 4.90 Å². The van der Waals surface area contributed by atoms with E-state index in [1.54, 1.807) is 14.0 Å². The summed E-state index contributed by atoms with van der Waals surface area (Å²) in [5.74, 6) is -1.34. The van der Waals surface area contributed by atoms with Crippen molar-refractivity contribution in [3.05, 3.63) is 60.2 Å². The number of hydrogen-bond acceptors (Lipinski definition) is 5. The number of amides is 1. The number of carbonyl (C=O) groups is 2. The quantitative estimate of drug-likeness (QED) is 0.476. The maximum atomic E-state index is 13.5. The van der Waals surface area contributed by atoms with Crippen LogP contribution in [0.4, 0.5) is 5.95 Å². The summed E-state index contributed by atoms with van der Waals surface area (Å²) in [5.41, 5.74) is 2.48. The second-order valence-electron chi connectivity index (χ2n) is 6.84. The van der Waals surface area contributed by atoms with Gasteiger partial charge in [-0.25, -0.2) is 4.98 Å². The van der Waals surface area contributed by atoms with E-state index in [0.29, 0.717) is 19.1 Å². The van der Waals surface area contributed by atoms with Crippen LogP contribution in [-0.4, -0.2) is 48.3 Å². The fraction of sp³-hybridized carbons (Fsp3) is 0.318. The molecule has 0 radical (unpaired) electrons. The Bertz CT molecular complexity index is 1030. The molecule has 0 aliphatic carbocycles. The molecule has 0 fully saturated rings. The lowest BCUT2D eigenvalue weighted by Crippen LogP contribution is -2.51. The Kier molecular flexibility index (Phi) is 5.31. The maximum absolute atomic E-state index is 13.5. The first-order valence-corrected chi connectivity index (χ1v) is 9.66. The molecule has 2 atom stereocenters. The summed E-state index contributed by atoms with van der Waals surface area (Å²) < 4.78 is 12.5. The van der Waals surface area contributed by atoms with Crippen molar-refractivity contribution in [2.45, 2.75) is 13.0 Å². The number of ether oxygens (including phenoxy) is 2. The van der Waals surface area contributed by atoms with Crippen LogP contribution in [0.2, 0.25) is 0 Å². The number of rotatable bonds is 6. The maximum Gasteiger partial charge on any atom is 0.321 e. The first-order valence-electron chi connectivity index (χ1n) is 9.66. The number of methoxy groups -OCH3 is 1. The topological polar surface area (TPSA) is 73.7 Å². The fourth-order valence-corrected chi connectivity index (χ4v) is 3.89. The molecular weight excluding hydrogens is 370 g/mol. The van der Waals surface area contributed by atoms with Crippen LogP contribution in [0.15, 0.2) is 54.6 Å². The van der Waals surface area contributed by atoms with Crippen LogP contribution in [0.1, 0.15) is 18.5 Å². The van der Waals surface area contributed by atoms with Gasteiger partial charge in [0, 0.05) is 7.11 Å². The van der Waals surface area contributed by atoms with Gasteiger partial charge in [-0.2, -0.15) is 0 Å². The van der Waals surface area contributed by atoms with Gasteiger partial charge in [-0.15, -0.1) is 0 Å². The minimum Gasteiger partial charge on any atom is -0.465 e. The van der Waals surface area contributed by atoms with Crippen LogP contribution in [0.5, 0.6) is 0 Å². The van der Waals surface area contributed by atoms with E-state index in [2.05, 4.69) is 0 Å². The highest BCUT2D eigenvalue weighted by Gasteiger charge is 2.47. The summed E-state index contributed by atoms with van der Waals surface area (Å²) in [5, 5.41) is 0. The molecule has 1 amide bonds. The molecule has 1 aliphatic heterocycles. The molecule has 7 nitrogen and oxygen atoms in total. The van der Waals surface area contributed by atoms with E-state index in [1.807, 2.05) is 59.2 Å². The molecule has 1 aliphatic rings. The van der Waals surface area contributed by atoms with Crippen LogP contribution in [0, 0.1) is 5.92 Å². The molecule has 2 heterocycles. The van der Waals surface area contributed by atoms with Crippen molar-refractivity contribution in [3.63, 3.8) is 0 Å². The third-order valence-corrected chi connectivity index (χ3v) is 5.15. The summed E-state index contributed by atoms with van der Waals surface area (Å²) in [6.07, 6.45) is 0.